The van der Waals surface area contributed by atoms with Gasteiger partial charge in [0.05, 0.1) is 0 Å². The molecule has 2 saturated heterocycles. The van der Waals surface area contributed by atoms with E-state index >= 15 is 0 Å². The molecular formula is C24H33BrO16. The minimum atomic E-state index is -1.67. The second-order valence-electron chi connectivity index (χ2n) is 9.05. The molecule has 0 bridgehead atoms. The van der Waals surface area contributed by atoms with Gasteiger partial charge in [0.15, 0.2) is 30.9 Å². The van der Waals surface area contributed by atoms with Gasteiger partial charge in [-0.15, -0.1) is 0 Å². The molecule has 232 valence electrons. The van der Waals surface area contributed by atoms with Gasteiger partial charge in [0.2, 0.25) is 0 Å². The summed E-state index contributed by atoms with van der Waals surface area (Å²) in [6, 6.07) is 0. The van der Waals surface area contributed by atoms with E-state index in [1.54, 1.807) is 0 Å². The van der Waals surface area contributed by atoms with Gasteiger partial charge in [0.1, 0.15) is 42.5 Å². The van der Waals surface area contributed by atoms with E-state index in [2.05, 4.69) is 15.9 Å². The Morgan fingerprint density at radius 2 is 1.00 bits per heavy atom. The highest BCUT2D eigenvalue weighted by Gasteiger charge is 2.56. The molecule has 1 N–H and O–H groups in total. The molecule has 0 saturated carbocycles. The second kappa shape index (κ2) is 15.4. The molecule has 41 heavy (non-hydrogen) atoms. The highest BCUT2D eigenvalue weighted by Crippen LogP contribution is 2.35. The lowest BCUT2D eigenvalue weighted by molar-refractivity contribution is -0.343. The van der Waals surface area contributed by atoms with Gasteiger partial charge in [-0.1, -0.05) is 15.9 Å². The van der Waals surface area contributed by atoms with Crippen LogP contribution < -0.4 is 0 Å². The van der Waals surface area contributed by atoms with Crippen molar-refractivity contribution in [2.24, 2.45) is 0 Å². The van der Waals surface area contributed by atoms with E-state index in [1.165, 1.54) is 0 Å². The monoisotopic (exact) mass is 656 g/mol. The van der Waals surface area contributed by atoms with Crippen molar-refractivity contribution in [3.63, 3.8) is 0 Å². The van der Waals surface area contributed by atoms with Crippen LogP contribution in [0.5, 0.6) is 0 Å². The summed E-state index contributed by atoms with van der Waals surface area (Å²) in [5, 5.41) is 10.4. The molecule has 0 aliphatic carbocycles. The van der Waals surface area contributed by atoms with Crippen molar-refractivity contribution in [2.45, 2.75) is 102 Å². The minimum absolute atomic E-state index is 0.472. The Morgan fingerprint density at radius 1 is 0.585 bits per heavy atom. The lowest BCUT2D eigenvalue weighted by Crippen LogP contribution is -2.66. The molecule has 0 aromatic rings. The Kier molecular flexibility index (Phi) is 12.9. The number of carbonyl (C=O) groups is 6. The van der Waals surface area contributed by atoms with Gasteiger partial charge in [0.25, 0.3) is 0 Å². The third-order valence-electron chi connectivity index (χ3n) is 5.58. The van der Waals surface area contributed by atoms with Crippen LogP contribution >= 0.6 is 15.9 Å². The van der Waals surface area contributed by atoms with Crippen LogP contribution in [0.25, 0.3) is 0 Å². The first-order valence-electron chi connectivity index (χ1n) is 12.3. The predicted octanol–water partition coefficient (Wildman–Crippen LogP) is -0.570. The van der Waals surface area contributed by atoms with Crippen LogP contribution in [0.15, 0.2) is 0 Å². The molecule has 2 rings (SSSR count). The standard InChI is InChI=1S/C24H33BrO16/c1-9(26)33-7-15-18(20(36-12(4)29)17(25)23(32)39-15)41-24-22(38-14(6)31)21(37-13(5)30)19(35-11(3)28)16(40-24)8-34-10(2)27/h15-24,32H,7-8H2,1-6H3/t15-,16-,17+,18-,19+,20-,21+,22-,23?,24+/m1/s1. The van der Waals surface area contributed by atoms with Gasteiger partial charge in [-0.25, -0.2) is 0 Å². The first kappa shape index (κ1) is 34.3. The number of hydrogen-bond acceptors (Lipinski definition) is 16. The van der Waals surface area contributed by atoms with Crippen molar-refractivity contribution >= 4 is 51.7 Å². The van der Waals surface area contributed by atoms with Crippen molar-refractivity contribution in [2.75, 3.05) is 13.2 Å². The summed E-state index contributed by atoms with van der Waals surface area (Å²) in [7, 11) is 0. The molecule has 2 aliphatic rings. The van der Waals surface area contributed by atoms with E-state index < -0.39 is 109 Å². The van der Waals surface area contributed by atoms with E-state index in [0.717, 1.165) is 41.5 Å². The summed E-state index contributed by atoms with van der Waals surface area (Å²) in [5.74, 6) is -4.73. The number of hydrogen-bond donors (Lipinski definition) is 1. The maximum atomic E-state index is 12.1. The van der Waals surface area contributed by atoms with Crippen LogP contribution in [0.3, 0.4) is 0 Å². The van der Waals surface area contributed by atoms with Crippen molar-refractivity contribution in [1.82, 2.24) is 0 Å². The number of halogens is 1. The largest absolute Gasteiger partial charge is 0.463 e. The van der Waals surface area contributed by atoms with Crippen LogP contribution in [0.1, 0.15) is 41.5 Å². The number of aliphatic hydroxyl groups is 1. The molecule has 10 atom stereocenters. The average Bonchev–Trinajstić information content (AvgIpc) is 2.83. The zero-order valence-corrected chi connectivity index (χ0v) is 24.7. The number of aliphatic hydroxyl groups excluding tert-OH is 1. The maximum absolute atomic E-state index is 12.1. The number of esters is 6. The van der Waals surface area contributed by atoms with Gasteiger partial charge in [-0.3, -0.25) is 28.8 Å². The topological polar surface area (TPSA) is 206 Å². The Morgan fingerprint density at radius 3 is 1.46 bits per heavy atom. The summed E-state index contributed by atoms with van der Waals surface area (Å²) in [4.78, 5) is 70.1. The van der Waals surface area contributed by atoms with E-state index in [4.69, 9.17) is 42.6 Å². The maximum Gasteiger partial charge on any atom is 0.303 e. The fraction of sp³-hybridized carbons (Fsp3) is 0.750. The van der Waals surface area contributed by atoms with E-state index in [0.29, 0.717) is 0 Å². The average molecular weight is 657 g/mol. The zero-order valence-electron chi connectivity index (χ0n) is 23.1. The van der Waals surface area contributed by atoms with E-state index in [1.807, 2.05) is 0 Å². The molecule has 2 aliphatic heterocycles. The lowest BCUT2D eigenvalue weighted by atomic mass is 9.97. The fourth-order valence-corrected chi connectivity index (χ4v) is 4.70. The summed E-state index contributed by atoms with van der Waals surface area (Å²) >= 11 is 3.20. The molecule has 0 aromatic carbocycles. The number of rotatable bonds is 10. The minimum Gasteiger partial charge on any atom is -0.463 e. The smallest absolute Gasteiger partial charge is 0.303 e. The second-order valence-corrected chi connectivity index (χ2v) is 10.1. The molecule has 1 unspecified atom stereocenters. The molecular weight excluding hydrogens is 624 g/mol. The van der Waals surface area contributed by atoms with Crippen molar-refractivity contribution in [3.8, 4) is 0 Å². The van der Waals surface area contributed by atoms with Crippen molar-refractivity contribution in [1.29, 1.82) is 0 Å². The zero-order chi connectivity index (χ0) is 31.0. The predicted molar refractivity (Wildman–Crippen MR) is 133 cm³/mol. The Labute approximate surface area is 243 Å². The molecule has 0 aromatic heterocycles. The van der Waals surface area contributed by atoms with Crippen molar-refractivity contribution in [3.05, 3.63) is 0 Å². The molecule has 2 heterocycles. The van der Waals surface area contributed by atoms with Crippen LogP contribution in [0.2, 0.25) is 0 Å². The van der Waals surface area contributed by atoms with Gasteiger partial charge >= 0.3 is 35.8 Å². The summed E-state index contributed by atoms with van der Waals surface area (Å²) in [6.45, 7) is 5.55. The molecule has 17 heteroatoms. The Hall–Kier alpha value is -2.86. The first-order chi connectivity index (χ1) is 19.1. The van der Waals surface area contributed by atoms with Crippen LogP contribution in [0, 0.1) is 0 Å². The van der Waals surface area contributed by atoms with Crippen LogP contribution in [0.4, 0.5) is 0 Å². The highest BCUT2D eigenvalue weighted by atomic mass is 79.9. The molecule has 0 radical (unpaired) electrons. The first-order valence-corrected chi connectivity index (χ1v) is 13.3. The van der Waals surface area contributed by atoms with Crippen LogP contribution in [-0.2, 0) is 71.4 Å². The number of ether oxygens (including phenoxy) is 9. The van der Waals surface area contributed by atoms with E-state index in [-0.39, 0.29) is 0 Å². The normalized spacial score (nSPS) is 33.1. The van der Waals surface area contributed by atoms with Crippen LogP contribution in [-0.4, -0.2) is 114 Å². The van der Waals surface area contributed by atoms with Gasteiger partial charge in [0, 0.05) is 41.5 Å². The Bertz CT molecular complexity index is 987. The summed E-state index contributed by atoms with van der Waals surface area (Å²) < 4.78 is 49.1. The molecule has 0 amide bonds. The Balaban J connectivity index is 2.58. The lowest BCUT2D eigenvalue weighted by Gasteiger charge is -2.47. The highest BCUT2D eigenvalue weighted by molar-refractivity contribution is 9.09. The molecule has 16 nitrogen and oxygen atoms in total. The molecule has 0 spiro atoms. The summed E-state index contributed by atoms with van der Waals surface area (Å²) in [5.41, 5.74) is 0. The van der Waals surface area contributed by atoms with E-state index in [9.17, 15) is 33.9 Å². The molecule has 2 fully saturated rings. The van der Waals surface area contributed by atoms with Crippen molar-refractivity contribution < 1.29 is 76.5 Å². The van der Waals surface area contributed by atoms with Gasteiger partial charge in [-0.05, 0) is 0 Å². The number of alkyl halides is 1. The quantitative estimate of drug-likeness (QED) is 0.177. The van der Waals surface area contributed by atoms with Gasteiger partial charge < -0.3 is 47.7 Å². The SMILES string of the molecule is CC(=O)OC[C@H]1O[C@@H](O[C@H]2[C@H](OC(C)=O)[C@H](Br)C(O)O[C@@H]2COC(C)=O)[C@H](OC(C)=O)[C@@H](OC(C)=O)[C@H]1OC(C)=O. The summed E-state index contributed by atoms with van der Waals surface area (Å²) in [6.07, 6.45) is -13.0. The third kappa shape index (κ3) is 10.2. The fourth-order valence-electron chi connectivity index (χ4n) is 4.16. The third-order valence-corrected chi connectivity index (χ3v) is 6.56. The van der Waals surface area contributed by atoms with Gasteiger partial charge in [-0.2, -0.15) is 0 Å². The number of carbonyl (C=O) groups excluding carboxylic acids is 6.